The van der Waals surface area contributed by atoms with Gasteiger partial charge in [0.1, 0.15) is 0 Å². The van der Waals surface area contributed by atoms with E-state index in [2.05, 4.69) is 60.9 Å². The van der Waals surface area contributed by atoms with Crippen LogP contribution in [0.2, 0.25) is 0 Å². The molecule has 0 amide bonds. The summed E-state index contributed by atoms with van der Waals surface area (Å²) in [5.41, 5.74) is 2.86. The first-order valence-electron chi connectivity index (χ1n) is 8.99. The fourth-order valence-corrected chi connectivity index (χ4v) is 3.86. The molecule has 0 saturated heterocycles. The van der Waals surface area contributed by atoms with Crippen molar-refractivity contribution in [3.05, 3.63) is 41.5 Å². The van der Waals surface area contributed by atoms with Gasteiger partial charge in [0.2, 0.25) is 0 Å². The molecule has 0 bridgehead atoms. The van der Waals surface area contributed by atoms with Crippen LogP contribution < -0.4 is 10.6 Å². The summed E-state index contributed by atoms with van der Waals surface area (Å²) in [4.78, 5) is 0. The average molecular weight is 298 g/mol. The van der Waals surface area contributed by atoms with Crippen molar-refractivity contribution in [1.82, 2.24) is 10.6 Å². The number of hydrogen-bond donors (Lipinski definition) is 2. The number of hydrogen-bond acceptors (Lipinski definition) is 2. The molecule has 0 heterocycles. The maximum Gasteiger partial charge on any atom is 0.0142 e. The summed E-state index contributed by atoms with van der Waals surface area (Å²) in [6.07, 6.45) is 9.02. The third-order valence-electron chi connectivity index (χ3n) is 5.24. The fraction of sp³-hybridized carbons (Fsp3) is 0.600. The minimum Gasteiger partial charge on any atom is -0.314 e. The van der Waals surface area contributed by atoms with Gasteiger partial charge in [-0.3, -0.25) is 0 Å². The molecule has 2 nitrogen and oxygen atoms in total. The molecule has 2 saturated carbocycles. The first-order valence-corrected chi connectivity index (χ1v) is 8.99. The van der Waals surface area contributed by atoms with E-state index in [4.69, 9.17) is 0 Å². The number of rotatable bonds is 6. The molecule has 2 fully saturated rings. The largest absolute Gasteiger partial charge is 0.314 e. The third kappa shape index (κ3) is 4.21. The van der Waals surface area contributed by atoms with Crippen LogP contribution in [0.15, 0.2) is 35.9 Å². The molecule has 0 radical (unpaired) electrons. The van der Waals surface area contributed by atoms with Gasteiger partial charge in [-0.2, -0.15) is 0 Å². The molecule has 0 aliphatic heterocycles. The zero-order chi connectivity index (χ0) is 15.4. The maximum atomic E-state index is 3.90. The molecule has 2 unspecified atom stereocenters. The van der Waals surface area contributed by atoms with Crippen molar-refractivity contribution < 1.29 is 0 Å². The Morgan fingerprint density at radius 1 is 1.09 bits per heavy atom. The van der Waals surface area contributed by atoms with Crippen LogP contribution in [0.5, 0.6) is 0 Å². The van der Waals surface area contributed by atoms with Crippen molar-refractivity contribution in [2.75, 3.05) is 6.54 Å². The standard InChI is InChI=1S/C20H30N2/c1-3-21-17-9-11-18(12-10-17)22-20-14-19(20)15(2)13-16-7-5-4-6-8-16/h4-8,13,17-22H,3,9-12,14H2,1-2H3/b15-13+. The lowest BCUT2D eigenvalue weighted by Gasteiger charge is -2.29. The van der Waals surface area contributed by atoms with Gasteiger partial charge < -0.3 is 10.6 Å². The third-order valence-corrected chi connectivity index (χ3v) is 5.24. The predicted octanol–water partition coefficient (Wildman–Crippen LogP) is 3.99. The van der Waals surface area contributed by atoms with Crippen LogP contribution in [0.1, 0.15) is 51.5 Å². The Hall–Kier alpha value is -1.12. The monoisotopic (exact) mass is 298 g/mol. The van der Waals surface area contributed by atoms with E-state index < -0.39 is 0 Å². The quantitative estimate of drug-likeness (QED) is 0.830. The summed E-state index contributed by atoms with van der Waals surface area (Å²) in [6.45, 7) is 5.61. The summed E-state index contributed by atoms with van der Waals surface area (Å²) < 4.78 is 0. The van der Waals surface area contributed by atoms with Gasteiger partial charge >= 0.3 is 0 Å². The highest BCUT2D eigenvalue weighted by molar-refractivity contribution is 5.53. The molecule has 2 heteroatoms. The lowest BCUT2D eigenvalue weighted by Crippen LogP contribution is -2.41. The van der Waals surface area contributed by atoms with Crippen molar-refractivity contribution >= 4 is 6.08 Å². The van der Waals surface area contributed by atoms with E-state index in [1.54, 1.807) is 0 Å². The smallest absolute Gasteiger partial charge is 0.0142 e. The molecule has 2 aliphatic carbocycles. The van der Waals surface area contributed by atoms with Crippen molar-refractivity contribution in [3.63, 3.8) is 0 Å². The molecule has 22 heavy (non-hydrogen) atoms. The van der Waals surface area contributed by atoms with Gasteiger partial charge in [-0.05, 0) is 57.1 Å². The van der Waals surface area contributed by atoms with E-state index in [0.29, 0.717) is 0 Å². The van der Waals surface area contributed by atoms with E-state index >= 15 is 0 Å². The van der Waals surface area contributed by atoms with Crippen LogP contribution in [-0.2, 0) is 0 Å². The number of benzene rings is 1. The van der Waals surface area contributed by atoms with Crippen LogP contribution in [-0.4, -0.2) is 24.7 Å². The SMILES string of the molecule is CCNC1CCC(NC2CC2/C(C)=C/c2ccccc2)CC1. The van der Waals surface area contributed by atoms with Crippen LogP contribution in [0.4, 0.5) is 0 Å². The maximum absolute atomic E-state index is 3.90. The Kier molecular flexibility index (Phi) is 5.32. The van der Waals surface area contributed by atoms with Crippen LogP contribution in [0, 0.1) is 5.92 Å². The summed E-state index contributed by atoms with van der Waals surface area (Å²) in [5.74, 6) is 0.756. The van der Waals surface area contributed by atoms with E-state index in [-0.39, 0.29) is 0 Å². The van der Waals surface area contributed by atoms with E-state index in [9.17, 15) is 0 Å². The molecule has 0 aromatic heterocycles. The number of nitrogens with one attached hydrogen (secondary N) is 2. The van der Waals surface area contributed by atoms with E-state index in [0.717, 1.165) is 30.6 Å². The molecule has 2 aliphatic rings. The summed E-state index contributed by atoms with van der Waals surface area (Å²) in [7, 11) is 0. The second-order valence-electron chi connectivity index (χ2n) is 7.02. The highest BCUT2D eigenvalue weighted by Gasteiger charge is 2.39. The fourth-order valence-electron chi connectivity index (χ4n) is 3.86. The normalized spacial score (nSPS) is 32.0. The van der Waals surface area contributed by atoms with Crippen LogP contribution in [0.3, 0.4) is 0 Å². The van der Waals surface area contributed by atoms with Gasteiger partial charge in [-0.1, -0.05) is 48.9 Å². The molecule has 1 aromatic carbocycles. The summed E-state index contributed by atoms with van der Waals surface area (Å²) in [6, 6.07) is 12.9. The molecule has 0 spiro atoms. The lowest BCUT2D eigenvalue weighted by atomic mass is 9.91. The minimum absolute atomic E-state index is 0.723. The van der Waals surface area contributed by atoms with Gasteiger partial charge in [-0.25, -0.2) is 0 Å². The van der Waals surface area contributed by atoms with E-state index in [1.165, 1.54) is 43.2 Å². The molecule has 1 aromatic rings. The second-order valence-corrected chi connectivity index (χ2v) is 7.02. The van der Waals surface area contributed by atoms with Crippen molar-refractivity contribution in [2.45, 2.75) is 64.1 Å². The van der Waals surface area contributed by atoms with Crippen LogP contribution >= 0.6 is 0 Å². The minimum atomic E-state index is 0.723. The van der Waals surface area contributed by atoms with Gasteiger partial charge in [0.25, 0.3) is 0 Å². The van der Waals surface area contributed by atoms with Crippen LogP contribution in [0.25, 0.3) is 6.08 Å². The van der Waals surface area contributed by atoms with Crippen molar-refractivity contribution in [1.29, 1.82) is 0 Å². The average Bonchev–Trinajstić information content (AvgIpc) is 3.30. The molecule has 2 atom stereocenters. The predicted molar refractivity (Wildman–Crippen MR) is 94.8 cm³/mol. The lowest BCUT2D eigenvalue weighted by molar-refractivity contribution is 0.307. The highest BCUT2D eigenvalue weighted by Crippen LogP contribution is 2.39. The zero-order valence-corrected chi connectivity index (χ0v) is 14.0. The summed E-state index contributed by atoms with van der Waals surface area (Å²) >= 11 is 0. The van der Waals surface area contributed by atoms with Gasteiger partial charge in [0.05, 0.1) is 0 Å². The molecular weight excluding hydrogens is 268 g/mol. The van der Waals surface area contributed by atoms with E-state index in [1.807, 2.05) is 0 Å². The molecule has 120 valence electrons. The molecular formula is C20H30N2. The highest BCUT2D eigenvalue weighted by atomic mass is 15.0. The first kappa shape index (κ1) is 15.8. The second kappa shape index (κ2) is 7.43. The molecule has 2 N–H and O–H groups in total. The molecule has 3 rings (SSSR count). The topological polar surface area (TPSA) is 24.1 Å². The Morgan fingerprint density at radius 3 is 2.45 bits per heavy atom. The van der Waals surface area contributed by atoms with Gasteiger partial charge in [-0.15, -0.1) is 0 Å². The Labute approximate surface area is 135 Å². The Morgan fingerprint density at radius 2 is 1.77 bits per heavy atom. The Bertz CT molecular complexity index is 486. The van der Waals surface area contributed by atoms with Gasteiger partial charge in [0, 0.05) is 18.1 Å². The first-order chi connectivity index (χ1) is 10.8. The Balaban J connectivity index is 1.44. The van der Waals surface area contributed by atoms with Crippen molar-refractivity contribution in [2.24, 2.45) is 5.92 Å². The van der Waals surface area contributed by atoms with Gasteiger partial charge in [0.15, 0.2) is 0 Å². The summed E-state index contributed by atoms with van der Waals surface area (Å²) in [5, 5.41) is 7.49. The zero-order valence-electron chi connectivity index (χ0n) is 14.0. The van der Waals surface area contributed by atoms with Crippen molar-refractivity contribution in [3.8, 4) is 0 Å².